The van der Waals surface area contributed by atoms with Crippen LogP contribution in [0.25, 0.3) is 0 Å². The second-order valence-electron chi connectivity index (χ2n) is 5.34. The number of ether oxygens (including phenoxy) is 1. The van der Waals surface area contributed by atoms with Crippen molar-refractivity contribution in [2.45, 2.75) is 26.0 Å². The molecule has 1 aromatic carbocycles. The number of carbonyl (C=O) groups excluding carboxylic acids is 2. The van der Waals surface area contributed by atoms with Gasteiger partial charge in [-0.3, -0.25) is 4.79 Å². The SMILES string of the molecule is CNC(=O)NCC(=O)NC(C)(C)COCc1ccccc1. The summed E-state index contributed by atoms with van der Waals surface area (Å²) in [5.41, 5.74) is 0.580. The highest BCUT2D eigenvalue weighted by molar-refractivity contribution is 5.84. The van der Waals surface area contributed by atoms with E-state index < -0.39 is 5.54 Å². The highest BCUT2D eigenvalue weighted by atomic mass is 16.5. The Kier molecular flexibility index (Phi) is 6.68. The second-order valence-corrected chi connectivity index (χ2v) is 5.34. The molecular weight excluding hydrogens is 270 g/mol. The van der Waals surface area contributed by atoms with Crippen molar-refractivity contribution in [3.05, 3.63) is 35.9 Å². The third kappa shape index (κ3) is 7.31. The van der Waals surface area contributed by atoms with E-state index in [2.05, 4.69) is 16.0 Å². The molecule has 0 aromatic heterocycles. The largest absolute Gasteiger partial charge is 0.374 e. The maximum atomic E-state index is 11.7. The van der Waals surface area contributed by atoms with Crippen molar-refractivity contribution in [2.75, 3.05) is 20.2 Å². The lowest BCUT2D eigenvalue weighted by molar-refractivity contribution is -0.122. The van der Waals surface area contributed by atoms with Crippen LogP contribution in [0.2, 0.25) is 0 Å². The van der Waals surface area contributed by atoms with Crippen molar-refractivity contribution in [1.29, 1.82) is 0 Å². The molecule has 3 amide bonds. The van der Waals surface area contributed by atoms with Crippen LogP contribution in [0.1, 0.15) is 19.4 Å². The molecule has 0 saturated heterocycles. The number of rotatable bonds is 7. The lowest BCUT2D eigenvalue weighted by Crippen LogP contribution is -2.51. The molecule has 0 atom stereocenters. The topological polar surface area (TPSA) is 79.5 Å². The van der Waals surface area contributed by atoms with E-state index in [1.807, 2.05) is 44.2 Å². The Labute approximate surface area is 125 Å². The monoisotopic (exact) mass is 293 g/mol. The van der Waals surface area contributed by atoms with Gasteiger partial charge >= 0.3 is 6.03 Å². The van der Waals surface area contributed by atoms with Crippen molar-refractivity contribution in [3.63, 3.8) is 0 Å². The van der Waals surface area contributed by atoms with Gasteiger partial charge < -0.3 is 20.7 Å². The Bertz CT molecular complexity index is 460. The van der Waals surface area contributed by atoms with E-state index in [1.165, 1.54) is 7.05 Å². The van der Waals surface area contributed by atoms with Gasteiger partial charge in [-0.25, -0.2) is 4.79 Å². The summed E-state index contributed by atoms with van der Waals surface area (Å²) in [6.45, 7) is 4.55. The molecule has 0 spiro atoms. The predicted molar refractivity (Wildman–Crippen MR) is 80.8 cm³/mol. The summed E-state index contributed by atoms with van der Waals surface area (Å²) in [5.74, 6) is -0.257. The van der Waals surface area contributed by atoms with Gasteiger partial charge in [0.15, 0.2) is 0 Å². The minimum Gasteiger partial charge on any atom is -0.374 e. The number of hydrogen-bond acceptors (Lipinski definition) is 3. The average Bonchev–Trinajstić information content (AvgIpc) is 2.45. The second kappa shape index (κ2) is 8.26. The van der Waals surface area contributed by atoms with Gasteiger partial charge in [-0.2, -0.15) is 0 Å². The van der Waals surface area contributed by atoms with E-state index in [9.17, 15) is 9.59 Å². The molecule has 0 radical (unpaired) electrons. The van der Waals surface area contributed by atoms with Crippen LogP contribution in [-0.4, -0.2) is 37.7 Å². The maximum absolute atomic E-state index is 11.7. The van der Waals surface area contributed by atoms with Crippen LogP contribution >= 0.6 is 0 Å². The van der Waals surface area contributed by atoms with Crippen LogP contribution in [-0.2, 0) is 16.1 Å². The van der Waals surface area contributed by atoms with Gasteiger partial charge in [-0.05, 0) is 19.4 Å². The molecule has 0 aliphatic heterocycles. The Hall–Kier alpha value is -2.08. The number of urea groups is 1. The molecular formula is C15H23N3O3. The zero-order valence-electron chi connectivity index (χ0n) is 12.7. The lowest BCUT2D eigenvalue weighted by atomic mass is 10.1. The van der Waals surface area contributed by atoms with Crippen molar-refractivity contribution < 1.29 is 14.3 Å². The molecule has 0 aliphatic carbocycles. The number of benzene rings is 1. The molecule has 116 valence electrons. The molecule has 1 rings (SSSR count). The fourth-order valence-corrected chi connectivity index (χ4v) is 1.70. The Balaban J connectivity index is 2.29. The standard InChI is InChI=1S/C15H23N3O3/c1-15(2,18-13(19)9-17-14(20)16-3)11-21-10-12-7-5-4-6-8-12/h4-8H,9-11H2,1-3H3,(H,18,19)(H2,16,17,20). The highest BCUT2D eigenvalue weighted by Crippen LogP contribution is 2.06. The summed E-state index contributed by atoms with van der Waals surface area (Å²) in [7, 11) is 1.49. The molecule has 0 heterocycles. The Morgan fingerprint density at radius 1 is 1.19 bits per heavy atom. The van der Waals surface area contributed by atoms with Gasteiger partial charge in [0, 0.05) is 7.05 Å². The normalized spacial score (nSPS) is 10.8. The van der Waals surface area contributed by atoms with Crippen LogP contribution in [0.3, 0.4) is 0 Å². The summed E-state index contributed by atoms with van der Waals surface area (Å²) in [4.78, 5) is 22.7. The Morgan fingerprint density at radius 2 is 1.86 bits per heavy atom. The zero-order chi connectivity index (χ0) is 15.7. The third-order valence-electron chi connectivity index (χ3n) is 2.69. The first kappa shape index (κ1) is 17.0. The number of nitrogens with one attached hydrogen (secondary N) is 3. The van der Waals surface area contributed by atoms with E-state index in [1.54, 1.807) is 0 Å². The zero-order valence-corrected chi connectivity index (χ0v) is 12.7. The molecule has 0 unspecified atom stereocenters. The van der Waals surface area contributed by atoms with Crippen molar-refractivity contribution in [2.24, 2.45) is 0 Å². The van der Waals surface area contributed by atoms with Crippen LogP contribution in [0.15, 0.2) is 30.3 Å². The Morgan fingerprint density at radius 3 is 2.48 bits per heavy atom. The van der Waals surface area contributed by atoms with E-state index in [0.717, 1.165) is 5.56 Å². The molecule has 3 N–H and O–H groups in total. The predicted octanol–water partition coefficient (Wildman–Crippen LogP) is 1.03. The van der Waals surface area contributed by atoms with E-state index >= 15 is 0 Å². The van der Waals surface area contributed by atoms with E-state index in [0.29, 0.717) is 13.2 Å². The molecule has 1 aromatic rings. The minimum absolute atomic E-state index is 0.0677. The van der Waals surface area contributed by atoms with E-state index in [-0.39, 0.29) is 18.5 Å². The van der Waals surface area contributed by atoms with Gasteiger partial charge in [0.2, 0.25) is 5.91 Å². The quantitative estimate of drug-likeness (QED) is 0.702. The summed E-state index contributed by atoms with van der Waals surface area (Å²) in [6.07, 6.45) is 0. The molecule has 6 heteroatoms. The first-order valence-corrected chi connectivity index (χ1v) is 6.81. The lowest BCUT2D eigenvalue weighted by Gasteiger charge is -2.26. The van der Waals surface area contributed by atoms with Gasteiger partial charge in [-0.15, -0.1) is 0 Å². The van der Waals surface area contributed by atoms with Crippen LogP contribution in [0, 0.1) is 0 Å². The summed E-state index contributed by atoms with van der Waals surface area (Å²) >= 11 is 0. The molecule has 6 nitrogen and oxygen atoms in total. The summed E-state index contributed by atoms with van der Waals surface area (Å²) < 4.78 is 5.62. The van der Waals surface area contributed by atoms with Crippen LogP contribution in [0.4, 0.5) is 4.79 Å². The fraction of sp³-hybridized carbons (Fsp3) is 0.467. The van der Waals surface area contributed by atoms with Crippen molar-refractivity contribution in [3.8, 4) is 0 Å². The van der Waals surface area contributed by atoms with E-state index in [4.69, 9.17) is 4.74 Å². The summed E-state index contributed by atoms with van der Waals surface area (Å²) in [6, 6.07) is 9.44. The number of hydrogen-bond donors (Lipinski definition) is 3. The molecule has 21 heavy (non-hydrogen) atoms. The van der Waals surface area contributed by atoms with Gasteiger partial charge in [0.25, 0.3) is 0 Å². The maximum Gasteiger partial charge on any atom is 0.314 e. The average molecular weight is 293 g/mol. The van der Waals surface area contributed by atoms with Crippen LogP contribution < -0.4 is 16.0 Å². The third-order valence-corrected chi connectivity index (χ3v) is 2.69. The first-order valence-electron chi connectivity index (χ1n) is 6.81. The molecule has 0 bridgehead atoms. The van der Waals surface area contributed by atoms with Gasteiger partial charge in [-0.1, -0.05) is 30.3 Å². The summed E-state index contributed by atoms with van der Waals surface area (Å²) in [5, 5.41) is 7.63. The molecule has 0 aliphatic rings. The number of amides is 3. The number of carbonyl (C=O) groups is 2. The minimum atomic E-state index is -0.504. The van der Waals surface area contributed by atoms with Crippen LogP contribution in [0.5, 0.6) is 0 Å². The fourth-order valence-electron chi connectivity index (χ4n) is 1.70. The molecule has 0 saturated carbocycles. The van der Waals surface area contributed by atoms with Crippen molar-refractivity contribution in [1.82, 2.24) is 16.0 Å². The molecule has 0 fully saturated rings. The highest BCUT2D eigenvalue weighted by Gasteiger charge is 2.20. The van der Waals surface area contributed by atoms with Gasteiger partial charge in [0.05, 0.1) is 25.3 Å². The van der Waals surface area contributed by atoms with Gasteiger partial charge in [0.1, 0.15) is 0 Å². The smallest absolute Gasteiger partial charge is 0.314 e. The van der Waals surface area contributed by atoms with Crippen molar-refractivity contribution >= 4 is 11.9 Å². The first-order chi connectivity index (χ1) is 9.93.